The highest BCUT2D eigenvalue weighted by Crippen LogP contribution is 2.34. The van der Waals surface area contributed by atoms with Gasteiger partial charge in [0.25, 0.3) is 0 Å². The Morgan fingerprint density at radius 3 is 2.65 bits per heavy atom. The molecule has 0 radical (unpaired) electrons. The molecule has 0 fully saturated rings. The van der Waals surface area contributed by atoms with Crippen molar-refractivity contribution < 1.29 is 19.5 Å². The fourth-order valence-corrected chi connectivity index (χ4v) is 1.96. The number of hydrogen-bond donors (Lipinski definition) is 2. The Morgan fingerprint density at radius 1 is 1.40 bits per heavy atom. The molecule has 0 amide bonds. The van der Waals surface area contributed by atoms with Crippen molar-refractivity contribution in [2.24, 2.45) is 0 Å². The number of aryl methyl sites for hydroxylation is 1. The van der Waals surface area contributed by atoms with Crippen molar-refractivity contribution in [1.82, 2.24) is 10.1 Å². The zero-order valence-corrected chi connectivity index (χ0v) is 11.5. The Balaban J connectivity index is 2.48. The lowest BCUT2D eigenvalue weighted by atomic mass is 10.0. The van der Waals surface area contributed by atoms with Gasteiger partial charge in [-0.05, 0) is 32.6 Å². The van der Waals surface area contributed by atoms with Gasteiger partial charge in [-0.3, -0.25) is 0 Å². The number of hydrogen-bond acceptors (Lipinski definition) is 5. The van der Waals surface area contributed by atoms with Gasteiger partial charge < -0.3 is 19.6 Å². The van der Waals surface area contributed by atoms with Gasteiger partial charge in [0.05, 0.1) is 0 Å². The largest absolute Gasteiger partial charge is 0.507 e. The third-order valence-corrected chi connectivity index (χ3v) is 2.99. The zero-order valence-electron chi connectivity index (χ0n) is 11.5. The highest BCUT2D eigenvalue weighted by atomic mass is 16.5. The van der Waals surface area contributed by atoms with Gasteiger partial charge in [-0.2, -0.15) is 0 Å². The molecule has 1 aromatic carbocycles. The minimum absolute atomic E-state index is 0.101. The molecule has 6 heteroatoms. The first-order valence-corrected chi connectivity index (χ1v) is 6.06. The number of rotatable bonds is 4. The van der Waals surface area contributed by atoms with Gasteiger partial charge in [-0.15, -0.1) is 0 Å². The third kappa shape index (κ3) is 2.65. The van der Waals surface area contributed by atoms with Gasteiger partial charge in [0.2, 0.25) is 5.76 Å². The van der Waals surface area contributed by atoms with E-state index in [-0.39, 0.29) is 11.5 Å². The second-order valence-electron chi connectivity index (χ2n) is 4.88. The van der Waals surface area contributed by atoms with Crippen molar-refractivity contribution in [3.8, 4) is 17.0 Å². The minimum Gasteiger partial charge on any atom is -0.507 e. The monoisotopic (exact) mass is 276 g/mol. The molecule has 1 heterocycles. The molecule has 2 rings (SSSR count). The van der Waals surface area contributed by atoms with Crippen molar-refractivity contribution >= 4 is 5.97 Å². The molecule has 0 spiro atoms. The minimum atomic E-state index is -1.19. The van der Waals surface area contributed by atoms with Crippen molar-refractivity contribution in [1.29, 1.82) is 0 Å². The predicted molar refractivity (Wildman–Crippen MR) is 72.7 cm³/mol. The summed E-state index contributed by atoms with van der Waals surface area (Å²) in [5, 5.41) is 22.9. The molecule has 0 aliphatic carbocycles. The zero-order chi connectivity index (χ0) is 14.9. The van der Waals surface area contributed by atoms with E-state index in [4.69, 9.17) is 9.63 Å². The maximum atomic E-state index is 10.8. The molecule has 0 unspecified atom stereocenters. The standard InChI is InChI=1S/C14H16N2O4/c1-8-4-5-9(13(17)10(8)7-16(2)3)11-6-12(14(18)19)20-15-11/h4-6,17H,7H2,1-3H3,(H,18,19). The molecule has 0 aliphatic rings. The number of aromatic carboxylic acids is 1. The molecule has 0 aliphatic heterocycles. The lowest BCUT2D eigenvalue weighted by Crippen LogP contribution is -2.12. The van der Waals surface area contributed by atoms with Crippen LogP contribution in [0.15, 0.2) is 22.7 Å². The number of nitrogens with zero attached hydrogens (tertiary/aromatic N) is 2. The average Bonchev–Trinajstić information content (AvgIpc) is 2.83. The maximum absolute atomic E-state index is 10.8. The fraction of sp³-hybridized carbons (Fsp3) is 0.286. The van der Waals surface area contributed by atoms with Crippen LogP contribution in [0.4, 0.5) is 0 Å². The molecule has 0 saturated heterocycles. The Morgan fingerprint density at radius 2 is 2.10 bits per heavy atom. The molecule has 2 aromatic rings. The molecular weight excluding hydrogens is 260 g/mol. The van der Waals surface area contributed by atoms with E-state index in [0.29, 0.717) is 17.8 Å². The maximum Gasteiger partial charge on any atom is 0.374 e. The normalized spacial score (nSPS) is 11.0. The first kappa shape index (κ1) is 14.1. The van der Waals surface area contributed by atoms with Crippen molar-refractivity contribution in [2.75, 3.05) is 14.1 Å². The van der Waals surface area contributed by atoms with Crippen LogP contribution < -0.4 is 0 Å². The van der Waals surface area contributed by atoms with Crippen LogP contribution in [0.3, 0.4) is 0 Å². The molecular formula is C14H16N2O4. The number of phenols is 1. The van der Waals surface area contributed by atoms with Gasteiger partial charge in [0.1, 0.15) is 11.4 Å². The van der Waals surface area contributed by atoms with E-state index < -0.39 is 5.97 Å². The first-order chi connectivity index (χ1) is 9.40. The summed E-state index contributed by atoms with van der Waals surface area (Å²) in [5.41, 5.74) is 2.51. The number of aromatic nitrogens is 1. The average molecular weight is 276 g/mol. The third-order valence-electron chi connectivity index (χ3n) is 2.99. The number of carboxylic acids is 1. The van der Waals surface area contributed by atoms with E-state index in [1.54, 1.807) is 6.07 Å². The summed E-state index contributed by atoms with van der Waals surface area (Å²) in [4.78, 5) is 12.7. The quantitative estimate of drug-likeness (QED) is 0.889. The summed E-state index contributed by atoms with van der Waals surface area (Å²) in [6, 6.07) is 4.86. The van der Waals surface area contributed by atoms with Crippen LogP contribution >= 0.6 is 0 Å². The topological polar surface area (TPSA) is 86.8 Å². The smallest absolute Gasteiger partial charge is 0.374 e. The van der Waals surface area contributed by atoms with E-state index in [1.165, 1.54) is 6.07 Å². The summed E-state index contributed by atoms with van der Waals surface area (Å²) in [6.45, 7) is 2.49. The van der Waals surface area contributed by atoms with Crippen molar-refractivity contribution in [3.63, 3.8) is 0 Å². The van der Waals surface area contributed by atoms with Crippen LogP contribution in [0, 0.1) is 6.92 Å². The summed E-state index contributed by atoms with van der Waals surface area (Å²) in [6.07, 6.45) is 0. The summed E-state index contributed by atoms with van der Waals surface area (Å²) in [5.74, 6) is -1.35. The highest BCUT2D eigenvalue weighted by molar-refractivity contribution is 5.86. The van der Waals surface area contributed by atoms with E-state index >= 15 is 0 Å². The Labute approximate surface area is 116 Å². The molecule has 6 nitrogen and oxygen atoms in total. The van der Waals surface area contributed by atoms with E-state index in [1.807, 2.05) is 32.0 Å². The van der Waals surface area contributed by atoms with E-state index in [9.17, 15) is 9.90 Å². The van der Waals surface area contributed by atoms with Crippen molar-refractivity contribution in [3.05, 3.63) is 35.1 Å². The molecule has 2 N–H and O–H groups in total. The molecule has 1 aromatic heterocycles. The fourth-order valence-electron chi connectivity index (χ4n) is 1.96. The lowest BCUT2D eigenvalue weighted by Gasteiger charge is -2.15. The summed E-state index contributed by atoms with van der Waals surface area (Å²) >= 11 is 0. The Kier molecular flexibility index (Phi) is 3.76. The van der Waals surface area contributed by atoms with Crippen molar-refractivity contribution in [2.45, 2.75) is 13.5 Å². The Bertz CT molecular complexity index is 647. The molecule has 0 saturated carbocycles. The molecule has 20 heavy (non-hydrogen) atoms. The van der Waals surface area contributed by atoms with Gasteiger partial charge in [0, 0.05) is 23.7 Å². The number of aromatic hydroxyl groups is 1. The van der Waals surface area contributed by atoms with Crippen LogP contribution in [0.5, 0.6) is 5.75 Å². The number of carbonyl (C=O) groups is 1. The van der Waals surface area contributed by atoms with Gasteiger partial charge in [-0.1, -0.05) is 11.2 Å². The lowest BCUT2D eigenvalue weighted by molar-refractivity contribution is 0.0652. The van der Waals surface area contributed by atoms with Gasteiger partial charge in [0.15, 0.2) is 0 Å². The van der Waals surface area contributed by atoms with Crippen LogP contribution in [0.25, 0.3) is 11.3 Å². The van der Waals surface area contributed by atoms with E-state index in [0.717, 1.165) is 11.1 Å². The SMILES string of the molecule is Cc1ccc(-c2cc(C(=O)O)on2)c(O)c1CN(C)C. The second kappa shape index (κ2) is 5.34. The Hall–Kier alpha value is -2.34. The van der Waals surface area contributed by atoms with Crippen LogP contribution in [-0.2, 0) is 6.54 Å². The van der Waals surface area contributed by atoms with Gasteiger partial charge in [-0.25, -0.2) is 4.79 Å². The molecule has 0 atom stereocenters. The summed E-state index contributed by atoms with van der Waals surface area (Å²) in [7, 11) is 3.81. The summed E-state index contributed by atoms with van der Waals surface area (Å²) < 4.78 is 4.72. The molecule has 0 bridgehead atoms. The number of benzene rings is 1. The van der Waals surface area contributed by atoms with E-state index in [2.05, 4.69) is 5.16 Å². The highest BCUT2D eigenvalue weighted by Gasteiger charge is 2.18. The molecule has 106 valence electrons. The second-order valence-corrected chi connectivity index (χ2v) is 4.88. The number of carboxylic acid groups (broad SMARTS) is 1. The number of phenolic OH excluding ortho intramolecular Hbond substituents is 1. The predicted octanol–water partition coefficient (Wildman–Crippen LogP) is 2.12. The van der Waals surface area contributed by atoms with Crippen LogP contribution in [0.1, 0.15) is 21.7 Å². The van der Waals surface area contributed by atoms with Crippen LogP contribution in [-0.4, -0.2) is 40.3 Å². The van der Waals surface area contributed by atoms with Gasteiger partial charge >= 0.3 is 5.97 Å². The first-order valence-electron chi connectivity index (χ1n) is 6.06. The van der Waals surface area contributed by atoms with Crippen LogP contribution in [0.2, 0.25) is 0 Å².